The van der Waals surface area contributed by atoms with Crippen molar-refractivity contribution in [2.45, 2.75) is 6.61 Å². The van der Waals surface area contributed by atoms with Crippen LogP contribution in [0.25, 0.3) is 21.6 Å². The minimum atomic E-state index is -0.263. The number of nitrogens with zero attached hydrogens (tertiary/aromatic N) is 1. The molecule has 3 aromatic rings. The van der Waals surface area contributed by atoms with Crippen LogP contribution in [0.2, 0.25) is 0 Å². The molecular formula is C21H21ClFNO2S. The highest BCUT2D eigenvalue weighted by molar-refractivity contribution is 7.16. The molecule has 3 nitrogen and oxygen atoms in total. The minimum absolute atomic E-state index is 0. The van der Waals surface area contributed by atoms with Crippen LogP contribution in [0.5, 0.6) is 11.5 Å². The molecule has 1 aliphatic heterocycles. The SMILES string of the molecule is CN(C)CCOCc1cc2c(s1)-c1cc(F)ccc1Oc1ccccc1-2.Cl. The van der Waals surface area contributed by atoms with E-state index in [1.54, 1.807) is 23.5 Å². The molecule has 142 valence electrons. The molecule has 4 rings (SSSR count). The lowest BCUT2D eigenvalue weighted by molar-refractivity contribution is 0.107. The lowest BCUT2D eigenvalue weighted by Gasteiger charge is -2.10. The van der Waals surface area contributed by atoms with Crippen molar-refractivity contribution in [1.29, 1.82) is 0 Å². The van der Waals surface area contributed by atoms with E-state index in [1.807, 2.05) is 38.4 Å². The monoisotopic (exact) mass is 405 g/mol. The highest BCUT2D eigenvalue weighted by atomic mass is 35.5. The van der Waals surface area contributed by atoms with Gasteiger partial charge in [0, 0.05) is 33.0 Å². The Kier molecular flexibility index (Phi) is 6.17. The quantitative estimate of drug-likeness (QED) is 0.390. The minimum Gasteiger partial charge on any atom is -0.456 e. The number of thiophene rings is 1. The summed E-state index contributed by atoms with van der Waals surface area (Å²) >= 11 is 1.64. The molecule has 27 heavy (non-hydrogen) atoms. The van der Waals surface area contributed by atoms with Gasteiger partial charge in [0.05, 0.1) is 13.2 Å². The van der Waals surface area contributed by atoms with Crippen molar-refractivity contribution < 1.29 is 13.9 Å². The van der Waals surface area contributed by atoms with E-state index in [4.69, 9.17) is 9.47 Å². The van der Waals surface area contributed by atoms with E-state index in [0.717, 1.165) is 38.7 Å². The maximum Gasteiger partial charge on any atom is 0.136 e. The van der Waals surface area contributed by atoms with Crippen LogP contribution in [0.3, 0.4) is 0 Å². The van der Waals surface area contributed by atoms with Crippen LogP contribution in [0.4, 0.5) is 4.39 Å². The first-order valence-electron chi connectivity index (χ1n) is 8.54. The predicted molar refractivity (Wildman–Crippen MR) is 111 cm³/mol. The number of hydrogen-bond acceptors (Lipinski definition) is 4. The number of rotatable bonds is 5. The van der Waals surface area contributed by atoms with Gasteiger partial charge in [0.1, 0.15) is 17.3 Å². The first-order valence-corrected chi connectivity index (χ1v) is 9.36. The molecule has 1 aliphatic rings. The van der Waals surface area contributed by atoms with Crippen molar-refractivity contribution >= 4 is 23.7 Å². The number of para-hydroxylation sites is 1. The zero-order valence-corrected chi connectivity index (χ0v) is 16.8. The van der Waals surface area contributed by atoms with Crippen molar-refractivity contribution in [2.24, 2.45) is 0 Å². The standard InChI is InChI=1S/C21H20FNO2S.ClH/c1-23(2)9-10-24-13-15-12-17-16-5-3-4-6-19(16)25-20-8-7-14(22)11-18(20)21(17)26-15;/h3-8,11-12H,9-10,13H2,1-2H3;1H. The van der Waals surface area contributed by atoms with Crippen LogP contribution in [-0.4, -0.2) is 32.1 Å². The number of ether oxygens (including phenoxy) is 2. The van der Waals surface area contributed by atoms with Crippen molar-refractivity contribution in [3.8, 4) is 33.1 Å². The van der Waals surface area contributed by atoms with E-state index >= 15 is 0 Å². The molecule has 0 spiro atoms. The van der Waals surface area contributed by atoms with Crippen molar-refractivity contribution in [3.63, 3.8) is 0 Å². The summed E-state index contributed by atoms with van der Waals surface area (Å²) in [5.41, 5.74) is 2.89. The van der Waals surface area contributed by atoms with Gasteiger partial charge in [-0.05, 0) is 44.4 Å². The van der Waals surface area contributed by atoms with Gasteiger partial charge in [-0.15, -0.1) is 23.7 Å². The molecule has 0 bridgehead atoms. The zero-order chi connectivity index (χ0) is 18.1. The Hall–Kier alpha value is -1.92. The number of fused-ring (bicyclic) bond motifs is 5. The lowest BCUT2D eigenvalue weighted by Crippen LogP contribution is -2.17. The third-order valence-corrected chi connectivity index (χ3v) is 5.44. The molecule has 1 aromatic heterocycles. The fourth-order valence-electron chi connectivity index (χ4n) is 3.00. The smallest absolute Gasteiger partial charge is 0.136 e. The van der Waals surface area contributed by atoms with Crippen molar-refractivity contribution in [1.82, 2.24) is 4.90 Å². The highest BCUT2D eigenvalue weighted by Crippen LogP contribution is 2.50. The Morgan fingerprint density at radius 1 is 1.00 bits per heavy atom. The molecule has 0 amide bonds. The Balaban J connectivity index is 0.00000210. The summed E-state index contributed by atoms with van der Waals surface area (Å²) in [5.74, 6) is 1.21. The topological polar surface area (TPSA) is 21.7 Å². The summed E-state index contributed by atoms with van der Waals surface area (Å²) in [6.07, 6.45) is 0. The van der Waals surface area contributed by atoms with E-state index in [-0.39, 0.29) is 18.2 Å². The van der Waals surface area contributed by atoms with Gasteiger partial charge in [-0.3, -0.25) is 0 Å². The van der Waals surface area contributed by atoms with Crippen LogP contribution < -0.4 is 4.74 Å². The normalized spacial score (nSPS) is 11.7. The third kappa shape index (κ3) is 4.17. The molecule has 0 saturated carbocycles. The molecule has 0 saturated heterocycles. The largest absolute Gasteiger partial charge is 0.456 e. The first-order chi connectivity index (χ1) is 12.6. The molecule has 0 N–H and O–H groups in total. The summed E-state index contributed by atoms with van der Waals surface area (Å²) in [4.78, 5) is 4.24. The average molecular weight is 406 g/mol. The molecule has 2 aromatic carbocycles. The average Bonchev–Trinajstić information content (AvgIpc) is 2.99. The van der Waals surface area contributed by atoms with E-state index in [1.165, 1.54) is 6.07 Å². The van der Waals surface area contributed by atoms with Crippen LogP contribution >= 0.6 is 23.7 Å². The van der Waals surface area contributed by atoms with Crippen LogP contribution in [0.15, 0.2) is 48.5 Å². The number of halogens is 2. The van der Waals surface area contributed by atoms with Gasteiger partial charge in [-0.1, -0.05) is 18.2 Å². The van der Waals surface area contributed by atoms with Gasteiger partial charge in [0.2, 0.25) is 0 Å². The molecule has 0 aliphatic carbocycles. The maximum absolute atomic E-state index is 13.9. The highest BCUT2D eigenvalue weighted by Gasteiger charge is 2.23. The summed E-state index contributed by atoms with van der Waals surface area (Å²) in [5, 5.41) is 0. The van der Waals surface area contributed by atoms with Gasteiger partial charge >= 0.3 is 0 Å². The summed E-state index contributed by atoms with van der Waals surface area (Å²) in [7, 11) is 4.05. The Bertz CT molecular complexity index is 942. The second-order valence-electron chi connectivity index (χ2n) is 6.55. The first kappa shape index (κ1) is 19.8. The molecule has 2 heterocycles. The summed E-state index contributed by atoms with van der Waals surface area (Å²) in [6, 6.07) is 14.8. The van der Waals surface area contributed by atoms with E-state index in [9.17, 15) is 4.39 Å². The third-order valence-electron chi connectivity index (χ3n) is 4.29. The van der Waals surface area contributed by atoms with Gasteiger partial charge in [-0.2, -0.15) is 0 Å². The summed E-state index contributed by atoms with van der Waals surface area (Å²) < 4.78 is 25.8. The zero-order valence-electron chi connectivity index (χ0n) is 15.2. The van der Waals surface area contributed by atoms with Crippen LogP contribution in [-0.2, 0) is 11.3 Å². The Morgan fingerprint density at radius 3 is 2.59 bits per heavy atom. The predicted octanol–water partition coefficient (Wildman–Crippen LogP) is 5.83. The van der Waals surface area contributed by atoms with E-state index in [0.29, 0.717) is 19.0 Å². The number of likely N-dealkylation sites (N-methyl/N-ethyl adjacent to an activating group) is 1. The second kappa shape index (κ2) is 8.40. The Labute approximate surface area is 168 Å². The number of hydrogen-bond donors (Lipinski definition) is 0. The van der Waals surface area contributed by atoms with Gasteiger partial charge in [-0.25, -0.2) is 4.39 Å². The van der Waals surface area contributed by atoms with E-state index < -0.39 is 0 Å². The fraction of sp³-hybridized carbons (Fsp3) is 0.238. The van der Waals surface area contributed by atoms with Gasteiger partial charge in [0.15, 0.2) is 0 Å². The van der Waals surface area contributed by atoms with Gasteiger partial charge in [0.25, 0.3) is 0 Å². The molecule has 0 unspecified atom stereocenters. The lowest BCUT2D eigenvalue weighted by atomic mass is 10.0. The van der Waals surface area contributed by atoms with Gasteiger partial charge < -0.3 is 14.4 Å². The van der Waals surface area contributed by atoms with Crippen molar-refractivity contribution in [2.75, 3.05) is 27.2 Å². The summed E-state index contributed by atoms with van der Waals surface area (Å²) in [6.45, 7) is 2.12. The maximum atomic E-state index is 13.9. The Morgan fingerprint density at radius 2 is 1.78 bits per heavy atom. The molecule has 6 heteroatoms. The molecule has 0 atom stereocenters. The molecule has 0 fully saturated rings. The molecule has 0 radical (unpaired) electrons. The van der Waals surface area contributed by atoms with Crippen molar-refractivity contribution in [3.05, 3.63) is 59.2 Å². The second-order valence-corrected chi connectivity index (χ2v) is 7.69. The van der Waals surface area contributed by atoms with Crippen LogP contribution in [0, 0.1) is 5.82 Å². The molecular weight excluding hydrogens is 385 g/mol. The fourth-order valence-corrected chi connectivity index (χ4v) is 4.13. The van der Waals surface area contributed by atoms with E-state index in [2.05, 4.69) is 11.0 Å². The number of benzene rings is 2. The van der Waals surface area contributed by atoms with Crippen LogP contribution in [0.1, 0.15) is 4.88 Å².